The second-order valence-electron chi connectivity index (χ2n) is 6.41. The van der Waals surface area contributed by atoms with E-state index in [2.05, 4.69) is 11.1 Å². The number of Topliss-reactive ketones (excluding diaryl/α,β-unsaturated/α-hetero) is 1. The van der Waals surface area contributed by atoms with Gasteiger partial charge in [-0.05, 0) is 35.2 Å². The van der Waals surface area contributed by atoms with E-state index in [1.54, 1.807) is 12.1 Å². The van der Waals surface area contributed by atoms with E-state index in [0.717, 1.165) is 22.2 Å². The van der Waals surface area contributed by atoms with Gasteiger partial charge in [-0.2, -0.15) is 0 Å². The fourth-order valence-electron chi connectivity index (χ4n) is 3.31. The maximum absolute atomic E-state index is 13.4. The lowest BCUT2D eigenvalue weighted by Gasteiger charge is -2.16. The molecule has 0 bridgehead atoms. The minimum absolute atomic E-state index is 0.0681. The zero-order valence-corrected chi connectivity index (χ0v) is 14.2. The summed E-state index contributed by atoms with van der Waals surface area (Å²) in [7, 11) is 0. The van der Waals surface area contributed by atoms with Crippen LogP contribution in [-0.2, 0) is 0 Å². The van der Waals surface area contributed by atoms with Crippen LogP contribution in [0.5, 0.6) is 0 Å². The van der Waals surface area contributed by atoms with Crippen molar-refractivity contribution in [2.24, 2.45) is 0 Å². The highest BCUT2D eigenvalue weighted by Gasteiger charge is 2.21. The molecular weight excluding hydrogens is 325 g/mol. The standard InChI is InChI=1S/C23H18FNO/c24-19-12-10-16(11-13-19)20(15-23(26)17-6-2-1-3-7-17)22-14-18-8-4-5-9-21(18)25-22/h1-14,20,25H,15H2/t20-/m0/s1. The van der Waals surface area contributed by atoms with Crippen LogP contribution in [0.25, 0.3) is 10.9 Å². The van der Waals surface area contributed by atoms with Crippen molar-refractivity contribution in [3.63, 3.8) is 0 Å². The number of halogens is 1. The molecular formula is C23H18FNO. The molecule has 4 rings (SSSR count). The highest BCUT2D eigenvalue weighted by Crippen LogP contribution is 2.31. The van der Waals surface area contributed by atoms with Gasteiger partial charge in [0.1, 0.15) is 5.82 Å². The van der Waals surface area contributed by atoms with E-state index in [1.807, 2.05) is 54.6 Å². The molecule has 26 heavy (non-hydrogen) atoms. The Morgan fingerprint density at radius 2 is 1.58 bits per heavy atom. The molecule has 0 fully saturated rings. The molecule has 1 atom stereocenters. The number of carbonyl (C=O) groups is 1. The average molecular weight is 343 g/mol. The lowest BCUT2D eigenvalue weighted by molar-refractivity contribution is 0.0977. The van der Waals surface area contributed by atoms with Crippen molar-refractivity contribution in [1.29, 1.82) is 0 Å². The third kappa shape index (κ3) is 3.29. The van der Waals surface area contributed by atoms with Gasteiger partial charge in [0.05, 0.1) is 0 Å². The number of ketones is 1. The molecule has 0 spiro atoms. The van der Waals surface area contributed by atoms with Crippen molar-refractivity contribution in [2.75, 3.05) is 0 Å². The highest BCUT2D eigenvalue weighted by molar-refractivity contribution is 5.97. The van der Waals surface area contributed by atoms with Crippen LogP contribution in [0.1, 0.15) is 34.0 Å². The molecule has 3 heteroatoms. The topological polar surface area (TPSA) is 32.9 Å². The van der Waals surface area contributed by atoms with E-state index < -0.39 is 0 Å². The summed E-state index contributed by atoms with van der Waals surface area (Å²) in [6.07, 6.45) is 0.322. The number of hydrogen-bond acceptors (Lipinski definition) is 1. The first-order valence-electron chi connectivity index (χ1n) is 8.62. The first kappa shape index (κ1) is 16.3. The van der Waals surface area contributed by atoms with Crippen LogP contribution in [0.15, 0.2) is 84.9 Å². The van der Waals surface area contributed by atoms with Crippen LogP contribution in [0, 0.1) is 5.82 Å². The van der Waals surface area contributed by atoms with Crippen molar-refractivity contribution in [1.82, 2.24) is 4.98 Å². The highest BCUT2D eigenvalue weighted by atomic mass is 19.1. The second kappa shape index (κ2) is 6.96. The van der Waals surface area contributed by atoms with E-state index in [1.165, 1.54) is 12.1 Å². The van der Waals surface area contributed by atoms with Gasteiger partial charge in [-0.15, -0.1) is 0 Å². The lowest BCUT2D eigenvalue weighted by atomic mass is 9.89. The van der Waals surface area contributed by atoms with Crippen molar-refractivity contribution in [3.8, 4) is 0 Å². The molecule has 128 valence electrons. The van der Waals surface area contributed by atoms with Gasteiger partial charge in [0, 0.05) is 29.1 Å². The first-order valence-corrected chi connectivity index (χ1v) is 8.62. The molecule has 0 aliphatic heterocycles. The monoisotopic (exact) mass is 343 g/mol. The molecule has 1 heterocycles. The number of aromatic amines is 1. The van der Waals surface area contributed by atoms with Gasteiger partial charge < -0.3 is 4.98 Å². The van der Waals surface area contributed by atoms with Crippen LogP contribution >= 0.6 is 0 Å². The summed E-state index contributed by atoms with van der Waals surface area (Å²) in [5.41, 5.74) is 3.60. The number of rotatable bonds is 5. The third-order valence-corrected chi connectivity index (χ3v) is 4.68. The molecule has 0 unspecified atom stereocenters. The maximum atomic E-state index is 13.4. The van der Waals surface area contributed by atoms with Crippen molar-refractivity contribution >= 4 is 16.7 Å². The minimum Gasteiger partial charge on any atom is -0.358 e. The van der Waals surface area contributed by atoms with Crippen LogP contribution in [0.3, 0.4) is 0 Å². The number of nitrogens with one attached hydrogen (secondary N) is 1. The number of hydrogen-bond donors (Lipinski definition) is 1. The maximum Gasteiger partial charge on any atom is 0.163 e. The lowest BCUT2D eigenvalue weighted by Crippen LogP contribution is -2.09. The first-order chi connectivity index (χ1) is 12.7. The molecule has 1 aromatic heterocycles. The molecule has 0 saturated carbocycles. The smallest absolute Gasteiger partial charge is 0.163 e. The summed E-state index contributed by atoms with van der Waals surface area (Å²) in [4.78, 5) is 16.2. The number of para-hydroxylation sites is 1. The van der Waals surface area contributed by atoms with Crippen molar-refractivity contribution < 1.29 is 9.18 Å². The molecule has 2 nitrogen and oxygen atoms in total. The Kier molecular flexibility index (Phi) is 4.36. The zero-order valence-electron chi connectivity index (χ0n) is 14.2. The Morgan fingerprint density at radius 3 is 2.31 bits per heavy atom. The fourth-order valence-corrected chi connectivity index (χ4v) is 3.31. The number of aromatic nitrogens is 1. The van der Waals surface area contributed by atoms with Gasteiger partial charge in [-0.1, -0.05) is 60.7 Å². The van der Waals surface area contributed by atoms with Crippen LogP contribution in [0.4, 0.5) is 4.39 Å². The SMILES string of the molecule is O=C(C[C@@H](c1ccc(F)cc1)c1cc2ccccc2[nH]1)c1ccccc1. The molecule has 0 amide bonds. The Balaban J connectivity index is 1.74. The molecule has 0 radical (unpaired) electrons. The summed E-state index contributed by atoms with van der Waals surface area (Å²) in [5.74, 6) is -0.368. The molecule has 0 saturated heterocycles. The van der Waals surface area contributed by atoms with Crippen molar-refractivity contribution in [3.05, 3.63) is 108 Å². The Hall–Kier alpha value is -3.20. The van der Waals surface area contributed by atoms with Gasteiger partial charge >= 0.3 is 0 Å². The average Bonchev–Trinajstić information content (AvgIpc) is 3.11. The summed E-state index contributed by atoms with van der Waals surface area (Å²) >= 11 is 0. The second-order valence-corrected chi connectivity index (χ2v) is 6.41. The Morgan fingerprint density at radius 1 is 0.885 bits per heavy atom. The predicted octanol–water partition coefficient (Wildman–Crippen LogP) is 5.71. The molecule has 1 N–H and O–H groups in total. The fraction of sp³-hybridized carbons (Fsp3) is 0.0870. The summed E-state index contributed by atoms with van der Waals surface area (Å²) in [6, 6.07) is 25.8. The van der Waals surface area contributed by atoms with E-state index in [-0.39, 0.29) is 17.5 Å². The normalized spacial score (nSPS) is 12.2. The third-order valence-electron chi connectivity index (χ3n) is 4.68. The molecule has 0 aliphatic carbocycles. The predicted molar refractivity (Wildman–Crippen MR) is 102 cm³/mol. The van der Waals surface area contributed by atoms with Gasteiger partial charge in [0.25, 0.3) is 0 Å². The van der Waals surface area contributed by atoms with Gasteiger partial charge in [-0.3, -0.25) is 4.79 Å². The molecule has 3 aromatic carbocycles. The Labute approximate surface area is 151 Å². The Bertz CT molecular complexity index is 1000. The minimum atomic E-state index is -0.279. The number of H-pyrrole nitrogens is 1. The quantitative estimate of drug-likeness (QED) is 0.462. The molecule has 0 aliphatic rings. The van der Waals surface area contributed by atoms with Gasteiger partial charge in [0.2, 0.25) is 0 Å². The number of carbonyl (C=O) groups excluding carboxylic acids is 1. The zero-order chi connectivity index (χ0) is 17.9. The van der Waals surface area contributed by atoms with E-state index >= 15 is 0 Å². The van der Waals surface area contributed by atoms with Crippen LogP contribution in [0.2, 0.25) is 0 Å². The summed E-state index contributed by atoms with van der Waals surface area (Å²) in [6.45, 7) is 0. The largest absolute Gasteiger partial charge is 0.358 e. The van der Waals surface area contributed by atoms with E-state index in [4.69, 9.17) is 0 Å². The van der Waals surface area contributed by atoms with E-state index in [9.17, 15) is 9.18 Å². The van der Waals surface area contributed by atoms with Crippen molar-refractivity contribution in [2.45, 2.75) is 12.3 Å². The van der Waals surface area contributed by atoms with Gasteiger partial charge in [-0.25, -0.2) is 4.39 Å². The van der Waals surface area contributed by atoms with Crippen LogP contribution < -0.4 is 0 Å². The van der Waals surface area contributed by atoms with Crippen LogP contribution in [-0.4, -0.2) is 10.8 Å². The molecule has 4 aromatic rings. The number of fused-ring (bicyclic) bond motifs is 1. The van der Waals surface area contributed by atoms with E-state index in [0.29, 0.717) is 12.0 Å². The summed E-state index contributed by atoms with van der Waals surface area (Å²) in [5, 5.41) is 1.10. The van der Waals surface area contributed by atoms with Gasteiger partial charge in [0.15, 0.2) is 5.78 Å². The number of benzene rings is 3. The summed E-state index contributed by atoms with van der Waals surface area (Å²) < 4.78 is 13.4.